The Hall–Kier alpha value is -0.560. The summed E-state index contributed by atoms with van der Waals surface area (Å²) in [6.45, 7) is 5.06. The monoisotopic (exact) mass is 298 g/mol. The van der Waals surface area contributed by atoms with Crippen molar-refractivity contribution >= 4 is 50.1 Å². The van der Waals surface area contributed by atoms with Crippen LogP contribution in [0.3, 0.4) is 0 Å². The quantitative estimate of drug-likeness (QED) is 0.814. The van der Waals surface area contributed by atoms with E-state index < -0.39 is 0 Å². The highest BCUT2D eigenvalue weighted by molar-refractivity contribution is 7.73. The number of ether oxygens (including phenoxy) is 1. The molecular formula is C12H14N2OS3. The summed E-state index contributed by atoms with van der Waals surface area (Å²) in [6.07, 6.45) is 1.21. The molecule has 1 aliphatic rings. The van der Waals surface area contributed by atoms with E-state index in [2.05, 4.69) is 18.8 Å². The second-order valence-corrected chi connectivity index (χ2v) is 7.58. The van der Waals surface area contributed by atoms with E-state index in [0.29, 0.717) is 16.5 Å². The average molecular weight is 298 g/mol. The fraction of sp³-hybridized carbons (Fsp3) is 0.500. The van der Waals surface area contributed by atoms with Crippen LogP contribution < -0.4 is 5.73 Å². The first-order chi connectivity index (χ1) is 8.56. The van der Waals surface area contributed by atoms with Gasteiger partial charge in [-0.15, -0.1) is 11.3 Å². The summed E-state index contributed by atoms with van der Waals surface area (Å²) in [4.78, 5) is 6.65. The first-order valence-corrected chi connectivity index (χ1v) is 7.93. The standard InChI is InChI=1S/C12H14N2OS3/c1-5(2)7-3-6-8(4-15-7)17-11-9(6)10(13)18-12(16)14-11/h5,7H,3-4,13H2,1-2H3/t7-/m0/s1. The molecular weight excluding hydrogens is 284 g/mol. The molecule has 0 spiro atoms. The lowest BCUT2D eigenvalue weighted by molar-refractivity contribution is 0.00203. The summed E-state index contributed by atoms with van der Waals surface area (Å²) in [5.41, 5.74) is 7.45. The van der Waals surface area contributed by atoms with Crippen LogP contribution in [0.25, 0.3) is 10.2 Å². The smallest absolute Gasteiger partial charge is 0.183 e. The third-order valence-corrected chi connectivity index (χ3v) is 5.42. The maximum absolute atomic E-state index is 6.12. The van der Waals surface area contributed by atoms with Gasteiger partial charge in [0.25, 0.3) is 0 Å². The van der Waals surface area contributed by atoms with E-state index >= 15 is 0 Å². The number of anilines is 1. The topological polar surface area (TPSA) is 48.1 Å². The first-order valence-electron chi connectivity index (χ1n) is 5.88. The van der Waals surface area contributed by atoms with Crippen LogP contribution in [0.15, 0.2) is 0 Å². The van der Waals surface area contributed by atoms with Crippen LogP contribution >= 0.6 is 34.9 Å². The van der Waals surface area contributed by atoms with E-state index in [9.17, 15) is 0 Å². The Labute approximate surface area is 119 Å². The molecule has 0 saturated carbocycles. The summed E-state index contributed by atoms with van der Waals surface area (Å²) in [7, 11) is 0. The SMILES string of the molecule is CC(C)[C@@H]1Cc2c(sc3nc(=S)sc(N)c23)CO1. The van der Waals surface area contributed by atoms with Crippen LogP contribution in [0, 0.1) is 9.87 Å². The Balaban J connectivity index is 2.18. The highest BCUT2D eigenvalue weighted by Gasteiger charge is 2.26. The van der Waals surface area contributed by atoms with Crippen LogP contribution in [-0.4, -0.2) is 11.1 Å². The van der Waals surface area contributed by atoms with Gasteiger partial charge in [-0.2, -0.15) is 0 Å². The lowest BCUT2D eigenvalue weighted by Crippen LogP contribution is -2.26. The minimum absolute atomic E-state index is 0.280. The van der Waals surface area contributed by atoms with E-state index in [-0.39, 0.29) is 6.10 Å². The highest BCUT2D eigenvalue weighted by atomic mass is 32.1. The fourth-order valence-corrected chi connectivity index (χ4v) is 4.61. The number of nitrogens with two attached hydrogens (primary N) is 1. The molecule has 3 rings (SSSR count). The zero-order valence-corrected chi connectivity index (χ0v) is 12.7. The molecule has 1 atom stereocenters. The van der Waals surface area contributed by atoms with Gasteiger partial charge in [0.05, 0.1) is 17.7 Å². The zero-order chi connectivity index (χ0) is 12.9. The Bertz CT molecular complexity index is 659. The van der Waals surface area contributed by atoms with Gasteiger partial charge in [-0.3, -0.25) is 0 Å². The molecule has 3 nitrogen and oxygen atoms in total. The van der Waals surface area contributed by atoms with Crippen molar-refractivity contribution in [2.24, 2.45) is 5.92 Å². The van der Waals surface area contributed by atoms with Crippen molar-refractivity contribution in [1.29, 1.82) is 0 Å². The van der Waals surface area contributed by atoms with Crippen LogP contribution in [0.5, 0.6) is 0 Å². The number of hydrogen-bond donors (Lipinski definition) is 1. The van der Waals surface area contributed by atoms with Crippen molar-refractivity contribution in [3.8, 4) is 0 Å². The molecule has 0 fully saturated rings. The molecule has 0 aromatic carbocycles. The summed E-state index contributed by atoms with van der Waals surface area (Å²) in [5.74, 6) is 0.518. The van der Waals surface area contributed by atoms with Crippen molar-refractivity contribution in [3.05, 3.63) is 14.4 Å². The molecule has 0 bridgehead atoms. The van der Waals surface area contributed by atoms with Crippen molar-refractivity contribution in [2.75, 3.05) is 5.73 Å². The van der Waals surface area contributed by atoms with E-state index in [0.717, 1.165) is 21.6 Å². The molecule has 96 valence electrons. The molecule has 3 heterocycles. The normalized spacial score (nSPS) is 19.4. The number of aromatic nitrogens is 1. The van der Waals surface area contributed by atoms with Crippen LogP contribution in [-0.2, 0) is 17.8 Å². The molecule has 2 N–H and O–H groups in total. The van der Waals surface area contributed by atoms with Gasteiger partial charge in [0.15, 0.2) is 3.95 Å². The average Bonchev–Trinajstić information content (AvgIpc) is 2.65. The number of hydrogen-bond acceptors (Lipinski definition) is 6. The van der Waals surface area contributed by atoms with Gasteiger partial charge in [0.1, 0.15) is 4.83 Å². The van der Waals surface area contributed by atoms with Crippen molar-refractivity contribution in [2.45, 2.75) is 33.0 Å². The summed E-state index contributed by atoms with van der Waals surface area (Å²) >= 11 is 8.20. The summed E-state index contributed by atoms with van der Waals surface area (Å²) < 4.78 is 6.50. The maximum Gasteiger partial charge on any atom is 0.183 e. The van der Waals surface area contributed by atoms with Crippen LogP contribution in [0.2, 0.25) is 0 Å². The predicted molar refractivity (Wildman–Crippen MR) is 79.9 cm³/mol. The van der Waals surface area contributed by atoms with E-state index in [4.69, 9.17) is 22.7 Å². The van der Waals surface area contributed by atoms with Crippen molar-refractivity contribution in [3.63, 3.8) is 0 Å². The number of nitrogens with zero attached hydrogens (tertiary/aromatic N) is 1. The third-order valence-electron chi connectivity index (χ3n) is 3.29. The molecule has 6 heteroatoms. The van der Waals surface area contributed by atoms with Gasteiger partial charge in [-0.1, -0.05) is 25.2 Å². The molecule has 0 aliphatic carbocycles. The van der Waals surface area contributed by atoms with Crippen molar-refractivity contribution < 1.29 is 4.74 Å². The van der Waals surface area contributed by atoms with Gasteiger partial charge in [0, 0.05) is 16.7 Å². The number of nitrogen functional groups attached to an aromatic ring is 1. The lowest BCUT2D eigenvalue weighted by atomic mass is 9.96. The predicted octanol–water partition coefficient (Wildman–Crippen LogP) is 3.77. The third kappa shape index (κ3) is 1.97. The molecule has 1 aliphatic heterocycles. The molecule has 0 saturated heterocycles. The molecule has 2 aromatic heterocycles. The van der Waals surface area contributed by atoms with Crippen LogP contribution in [0.1, 0.15) is 24.3 Å². The Morgan fingerprint density at radius 2 is 2.22 bits per heavy atom. The van der Waals surface area contributed by atoms with E-state index in [1.54, 1.807) is 11.3 Å². The Kier molecular flexibility index (Phi) is 3.13. The number of fused-ring (bicyclic) bond motifs is 3. The van der Waals surface area contributed by atoms with Gasteiger partial charge >= 0.3 is 0 Å². The van der Waals surface area contributed by atoms with Gasteiger partial charge in [-0.05, 0) is 23.7 Å². The molecule has 18 heavy (non-hydrogen) atoms. The summed E-state index contributed by atoms with van der Waals surface area (Å²) in [6, 6.07) is 0. The Morgan fingerprint density at radius 1 is 1.44 bits per heavy atom. The zero-order valence-electron chi connectivity index (χ0n) is 10.2. The van der Waals surface area contributed by atoms with Crippen molar-refractivity contribution in [1.82, 2.24) is 4.98 Å². The highest BCUT2D eigenvalue weighted by Crippen LogP contribution is 2.40. The van der Waals surface area contributed by atoms with E-state index in [1.165, 1.54) is 21.8 Å². The number of rotatable bonds is 1. The Morgan fingerprint density at radius 3 is 2.94 bits per heavy atom. The molecule has 2 aromatic rings. The summed E-state index contributed by atoms with van der Waals surface area (Å²) in [5, 5.41) is 1.91. The molecule has 0 unspecified atom stereocenters. The minimum atomic E-state index is 0.280. The van der Waals surface area contributed by atoms with Gasteiger partial charge < -0.3 is 10.5 Å². The largest absolute Gasteiger partial charge is 0.390 e. The fourth-order valence-electron chi connectivity index (χ4n) is 2.28. The second-order valence-electron chi connectivity index (χ2n) is 4.83. The molecule has 0 amide bonds. The van der Waals surface area contributed by atoms with Gasteiger partial charge in [-0.25, -0.2) is 4.98 Å². The molecule has 0 radical (unpaired) electrons. The second kappa shape index (κ2) is 4.52. The maximum atomic E-state index is 6.12. The van der Waals surface area contributed by atoms with Gasteiger partial charge in [0.2, 0.25) is 0 Å². The minimum Gasteiger partial charge on any atom is -0.390 e. The van der Waals surface area contributed by atoms with E-state index in [1.807, 2.05) is 0 Å². The lowest BCUT2D eigenvalue weighted by Gasteiger charge is -2.26. The van der Waals surface area contributed by atoms with Crippen LogP contribution in [0.4, 0.5) is 5.00 Å². The number of thiophene rings is 1. The first kappa shape index (κ1) is 12.5.